The minimum atomic E-state index is -0.182. The molecule has 0 radical (unpaired) electrons. The number of piperazine rings is 1. The van der Waals surface area contributed by atoms with Crippen LogP contribution in [0.25, 0.3) is 0 Å². The van der Waals surface area contributed by atoms with Gasteiger partial charge in [0.2, 0.25) is 17.7 Å². The molecular weight excluding hydrogens is 330 g/mol. The van der Waals surface area contributed by atoms with Crippen molar-refractivity contribution in [2.45, 2.75) is 25.7 Å². The number of benzene rings is 1. The molecule has 0 unspecified atom stereocenters. The predicted molar refractivity (Wildman–Crippen MR) is 97.4 cm³/mol. The van der Waals surface area contributed by atoms with Crippen LogP contribution in [-0.2, 0) is 14.4 Å². The maximum Gasteiger partial charge on any atom is 0.242 e. The zero-order valence-corrected chi connectivity index (χ0v) is 15.0. The summed E-state index contributed by atoms with van der Waals surface area (Å²) in [6, 6.07) is 10.2. The van der Waals surface area contributed by atoms with Crippen molar-refractivity contribution in [3.63, 3.8) is 0 Å². The molecule has 4 rings (SSSR count). The molecule has 1 aromatic rings. The Balaban J connectivity index is 1.34. The molecule has 1 aromatic carbocycles. The Morgan fingerprint density at radius 2 is 1.46 bits per heavy atom. The number of carbonyl (C=O) groups is 3. The highest BCUT2D eigenvalue weighted by molar-refractivity contribution is 6.07. The van der Waals surface area contributed by atoms with Gasteiger partial charge in [-0.15, -0.1) is 0 Å². The first-order valence-electron chi connectivity index (χ1n) is 9.58. The topological polar surface area (TPSA) is 60.9 Å². The fraction of sp³-hybridized carbons (Fsp3) is 0.550. The monoisotopic (exact) mass is 355 g/mol. The Kier molecular flexibility index (Phi) is 4.66. The van der Waals surface area contributed by atoms with Gasteiger partial charge in [-0.3, -0.25) is 19.3 Å². The average molecular weight is 355 g/mol. The summed E-state index contributed by atoms with van der Waals surface area (Å²) in [7, 11) is 0. The first-order valence-corrected chi connectivity index (χ1v) is 9.58. The van der Waals surface area contributed by atoms with Crippen LogP contribution in [0.5, 0.6) is 0 Å². The number of imide groups is 1. The summed E-state index contributed by atoms with van der Waals surface area (Å²) in [6.07, 6.45) is 3.58. The number of fused-ring (bicyclic) bond motifs is 1. The van der Waals surface area contributed by atoms with Crippen molar-refractivity contribution in [3.05, 3.63) is 30.3 Å². The molecule has 2 saturated heterocycles. The fourth-order valence-corrected chi connectivity index (χ4v) is 4.47. The van der Waals surface area contributed by atoms with Gasteiger partial charge in [0, 0.05) is 31.9 Å². The van der Waals surface area contributed by atoms with Crippen molar-refractivity contribution < 1.29 is 14.4 Å². The number of carbonyl (C=O) groups excluding carboxylic acids is 3. The van der Waals surface area contributed by atoms with Gasteiger partial charge in [0.15, 0.2) is 0 Å². The Labute approximate surface area is 153 Å². The van der Waals surface area contributed by atoms with E-state index in [1.54, 1.807) is 4.90 Å². The standard InChI is InChI=1S/C20H25N3O3/c24-18(14-23-19(25)16-8-4-5-9-17(16)20(23)26)22-12-10-21(11-13-22)15-6-2-1-3-7-15/h1-3,6-7,16-17H,4-5,8-14H2/t16-,17+. The number of amides is 3. The maximum atomic E-state index is 12.7. The summed E-state index contributed by atoms with van der Waals surface area (Å²) < 4.78 is 0. The molecule has 2 aliphatic heterocycles. The van der Waals surface area contributed by atoms with Crippen LogP contribution >= 0.6 is 0 Å². The van der Waals surface area contributed by atoms with E-state index in [1.165, 1.54) is 4.90 Å². The molecule has 0 bridgehead atoms. The minimum absolute atomic E-state index is 0.0873. The van der Waals surface area contributed by atoms with E-state index >= 15 is 0 Å². The van der Waals surface area contributed by atoms with E-state index in [-0.39, 0.29) is 36.1 Å². The van der Waals surface area contributed by atoms with Gasteiger partial charge in [-0.25, -0.2) is 0 Å². The predicted octanol–water partition coefficient (Wildman–Crippen LogP) is 1.51. The third-order valence-corrected chi connectivity index (χ3v) is 5.98. The Hall–Kier alpha value is -2.37. The summed E-state index contributed by atoms with van der Waals surface area (Å²) in [6.45, 7) is 2.69. The molecule has 6 heteroatoms. The highest BCUT2D eigenvalue weighted by atomic mass is 16.2. The number of hydrogen-bond donors (Lipinski definition) is 0. The second kappa shape index (κ2) is 7.09. The zero-order chi connectivity index (χ0) is 18.1. The second-order valence-electron chi connectivity index (χ2n) is 7.46. The number of hydrogen-bond acceptors (Lipinski definition) is 4. The molecule has 2 heterocycles. The molecule has 0 spiro atoms. The number of rotatable bonds is 3. The molecule has 3 amide bonds. The number of nitrogens with zero attached hydrogens (tertiary/aromatic N) is 3. The van der Waals surface area contributed by atoms with E-state index in [4.69, 9.17) is 0 Å². The highest BCUT2D eigenvalue weighted by Gasteiger charge is 2.48. The quantitative estimate of drug-likeness (QED) is 0.771. The Bertz CT molecular complexity index is 674. The van der Waals surface area contributed by atoms with E-state index in [1.807, 2.05) is 18.2 Å². The molecule has 6 nitrogen and oxygen atoms in total. The number of para-hydroxylation sites is 1. The molecule has 138 valence electrons. The zero-order valence-electron chi connectivity index (χ0n) is 15.0. The third kappa shape index (κ3) is 3.08. The lowest BCUT2D eigenvalue weighted by Crippen LogP contribution is -2.52. The van der Waals surface area contributed by atoms with Crippen LogP contribution in [0.15, 0.2) is 30.3 Å². The van der Waals surface area contributed by atoms with Crippen molar-refractivity contribution >= 4 is 23.4 Å². The summed E-state index contributed by atoms with van der Waals surface area (Å²) in [5.74, 6) is -0.733. The molecule has 1 aliphatic carbocycles. The summed E-state index contributed by atoms with van der Waals surface area (Å²) in [5.41, 5.74) is 1.16. The third-order valence-electron chi connectivity index (χ3n) is 5.98. The molecule has 0 aromatic heterocycles. The molecular formula is C20H25N3O3. The average Bonchev–Trinajstić information content (AvgIpc) is 2.94. The van der Waals surface area contributed by atoms with Gasteiger partial charge in [-0.1, -0.05) is 31.0 Å². The van der Waals surface area contributed by atoms with Gasteiger partial charge < -0.3 is 9.80 Å². The van der Waals surface area contributed by atoms with Crippen molar-refractivity contribution in [3.8, 4) is 0 Å². The van der Waals surface area contributed by atoms with Gasteiger partial charge >= 0.3 is 0 Å². The van der Waals surface area contributed by atoms with E-state index in [0.717, 1.165) is 44.5 Å². The minimum Gasteiger partial charge on any atom is -0.368 e. The van der Waals surface area contributed by atoms with Crippen molar-refractivity contribution in [1.29, 1.82) is 0 Å². The largest absolute Gasteiger partial charge is 0.368 e. The molecule has 1 saturated carbocycles. The van der Waals surface area contributed by atoms with Crippen LogP contribution in [-0.4, -0.2) is 60.2 Å². The molecule has 0 N–H and O–H groups in total. The molecule has 26 heavy (non-hydrogen) atoms. The van der Waals surface area contributed by atoms with Crippen molar-refractivity contribution in [2.75, 3.05) is 37.6 Å². The summed E-state index contributed by atoms with van der Waals surface area (Å²) in [4.78, 5) is 43.0. The van der Waals surface area contributed by atoms with Crippen LogP contribution in [0.2, 0.25) is 0 Å². The summed E-state index contributed by atoms with van der Waals surface area (Å²) >= 11 is 0. The van der Waals surface area contributed by atoms with Crippen molar-refractivity contribution in [2.24, 2.45) is 11.8 Å². The van der Waals surface area contributed by atoms with Crippen LogP contribution < -0.4 is 4.90 Å². The molecule has 3 fully saturated rings. The fourth-order valence-electron chi connectivity index (χ4n) is 4.47. The second-order valence-corrected chi connectivity index (χ2v) is 7.46. The lowest BCUT2D eigenvalue weighted by molar-refractivity contribution is -0.146. The SMILES string of the molecule is O=C(CN1C(=O)[C@H]2CCCC[C@H]2C1=O)N1CCN(c2ccccc2)CC1. The molecule has 3 aliphatic rings. The highest BCUT2D eigenvalue weighted by Crippen LogP contribution is 2.37. The van der Waals surface area contributed by atoms with Crippen LogP contribution in [0.1, 0.15) is 25.7 Å². The van der Waals surface area contributed by atoms with Gasteiger partial charge in [0.05, 0.1) is 11.8 Å². The van der Waals surface area contributed by atoms with Gasteiger partial charge in [-0.2, -0.15) is 0 Å². The molecule has 2 atom stereocenters. The van der Waals surface area contributed by atoms with Crippen LogP contribution in [0.4, 0.5) is 5.69 Å². The lowest BCUT2D eigenvalue weighted by atomic mass is 9.81. The van der Waals surface area contributed by atoms with E-state index in [2.05, 4.69) is 17.0 Å². The number of likely N-dealkylation sites (tertiary alicyclic amines) is 1. The Morgan fingerprint density at radius 3 is 2.04 bits per heavy atom. The lowest BCUT2D eigenvalue weighted by Gasteiger charge is -2.36. The van der Waals surface area contributed by atoms with Gasteiger partial charge in [0.25, 0.3) is 0 Å². The van der Waals surface area contributed by atoms with Crippen LogP contribution in [0, 0.1) is 11.8 Å². The Morgan fingerprint density at radius 1 is 0.885 bits per heavy atom. The maximum absolute atomic E-state index is 12.7. The van der Waals surface area contributed by atoms with Crippen molar-refractivity contribution in [1.82, 2.24) is 9.80 Å². The summed E-state index contributed by atoms with van der Waals surface area (Å²) in [5, 5.41) is 0. The van der Waals surface area contributed by atoms with E-state index in [9.17, 15) is 14.4 Å². The van der Waals surface area contributed by atoms with E-state index < -0.39 is 0 Å². The van der Waals surface area contributed by atoms with Crippen LogP contribution in [0.3, 0.4) is 0 Å². The normalized spacial score (nSPS) is 26.2. The van der Waals surface area contributed by atoms with E-state index in [0.29, 0.717) is 13.1 Å². The first kappa shape index (κ1) is 17.1. The smallest absolute Gasteiger partial charge is 0.242 e. The van der Waals surface area contributed by atoms with Gasteiger partial charge in [-0.05, 0) is 25.0 Å². The first-order chi connectivity index (χ1) is 12.6. The van der Waals surface area contributed by atoms with Gasteiger partial charge in [0.1, 0.15) is 6.54 Å². The number of anilines is 1.